The van der Waals surface area contributed by atoms with E-state index in [1.807, 2.05) is 6.92 Å². The molecular weight excluding hydrogens is 224 g/mol. The highest BCUT2D eigenvalue weighted by atomic mass is 28.2. The molecule has 0 rings (SSSR count). The molecular formula is C15H26OSi. The molecule has 0 saturated heterocycles. The van der Waals surface area contributed by atoms with Gasteiger partial charge in [0.15, 0.2) is 0 Å². The van der Waals surface area contributed by atoms with Crippen LogP contribution in [-0.2, 0) is 4.43 Å². The second-order valence-corrected chi connectivity index (χ2v) is 7.42. The van der Waals surface area contributed by atoms with Gasteiger partial charge in [0.2, 0.25) is 9.76 Å². The van der Waals surface area contributed by atoms with Gasteiger partial charge in [-0.1, -0.05) is 59.5 Å². The van der Waals surface area contributed by atoms with Crippen molar-refractivity contribution in [1.29, 1.82) is 0 Å². The van der Waals surface area contributed by atoms with Gasteiger partial charge in [-0.3, -0.25) is 0 Å². The Bertz CT molecular complexity index is 294. The number of hydrogen-bond acceptors (Lipinski definition) is 1. The van der Waals surface area contributed by atoms with E-state index in [0.717, 1.165) is 18.4 Å². The lowest BCUT2D eigenvalue weighted by Crippen LogP contribution is -2.23. The lowest BCUT2D eigenvalue weighted by atomic mass is 10.1. The summed E-state index contributed by atoms with van der Waals surface area (Å²) in [4.78, 5) is 0. The summed E-state index contributed by atoms with van der Waals surface area (Å²) in [5, 5.41) is 0.264. The van der Waals surface area contributed by atoms with E-state index in [0.29, 0.717) is 15.7 Å². The largest absolute Gasteiger partial charge is 0.403 e. The van der Waals surface area contributed by atoms with Gasteiger partial charge in [-0.2, -0.15) is 0 Å². The Balaban J connectivity index is 4.41. The molecule has 0 fully saturated rings. The van der Waals surface area contributed by atoms with Crippen LogP contribution in [0, 0.1) is 17.8 Å². The summed E-state index contributed by atoms with van der Waals surface area (Å²) in [6.45, 7) is 16.8. The van der Waals surface area contributed by atoms with Crippen LogP contribution < -0.4 is 0 Å². The molecule has 0 saturated carbocycles. The van der Waals surface area contributed by atoms with Gasteiger partial charge in [-0.05, 0) is 29.9 Å². The Morgan fingerprint density at radius 3 is 2.41 bits per heavy atom. The fourth-order valence-electron chi connectivity index (χ4n) is 1.07. The van der Waals surface area contributed by atoms with Crippen molar-refractivity contribution in [1.82, 2.24) is 0 Å². The second kappa shape index (κ2) is 7.74. The van der Waals surface area contributed by atoms with Crippen LogP contribution in [0.15, 0.2) is 12.2 Å². The van der Waals surface area contributed by atoms with Crippen molar-refractivity contribution < 1.29 is 4.43 Å². The van der Waals surface area contributed by atoms with E-state index < -0.39 is 0 Å². The van der Waals surface area contributed by atoms with Gasteiger partial charge in [0.1, 0.15) is 6.10 Å². The lowest BCUT2D eigenvalue weighted by molar-refractivity contribution is 0.228. The van der Waals surface area contributed by atoms with Crippen LogP contribution in [0.3, 0.4) is 0 Å². The van der Waals surface area contributed by atoms with Crippen LogP contribution in [0.4, 0.5) is 0 Å². The van der Waals surface area contributed by atoms with Gasteiger partial charge in [0.25, 0.3) is 0 Å². The summed E-state index contributed by atoms with van der Waals surface area (Å²) in [7, 11) is 0.510. The normalized spacial score (nSPS) is 13.1. The summed E-state index contributed by atoms with van der Waals surface area (Å²) in [5.74, 6) is 6.83. The summed E-state index contributed by atoms with van der Waals surface area (Å²) < 4.78 is 5.97. The average Bonchev–Trinajstić information content (AvgIpc) is 2.21. The van der Waals surface area contributed by atoms with E-state index in [-0.39, 0.29) is 11.1 Å². The van der Waals surface area contributed by atoms with Crippen molar-refractivity contribution in [2.24, 2.45) is 5.92 Å². The standard InChI is InChI=1S/C15H26OSi/c1-8-15(6,7)17-16-14(11-13(4)5)10-9-12(2)3/h13-14H,2,8,11H2,1,3-7H3. The fourth-order valence-corrected chi connectivity index (χ4v) is 1.83. The molecule has 0 spiro atoms. The molecule has 1 unspecified atom stereocenters. The van der Waals surface area contributed by atoms with E-state index in [4.69, 9.17) is 4.43 Å². The van der Waals surface area contributed by atoms with E-state index in [2.05, 4.69) is 53.0 Å². The van der Waals surface area contributed by atoms with Crippen molar-refractivity contribution >= 4 is 9.76 Å². The van der Waals surface area contributed by atoms with Crippen LogP contribution >= 0.6 is 0 Å². The number of rotatable bonds is 6. The molecule has 1 atom stereocenters. The molecule has 0 aliphatic rings. The molecule has 17 heavy (non-hydrogen) atoms. The first-order valence-electron chi connectivity index (χ1n) is 6.36. The molecule has 0 aliphatic carbocycles. The third kappa shape index (κ3) is 9.20. The van der Waals surface area contributed by atoms with E-state index in [1.165, 1.54) is 0 Å². The van der Waals surface area contributed by atoms with Gasteiger partial charge >= 0.3 is 0 Å². The smallest absolute Gasteiger partial charge is 0.237 e. The van der Waals surface area contributed by atoms with Gasteiger partial charge in [-0.15, -0.1) is 0 Å². The molecule has 2 radical (unpaired) electrons. The molecule has 96 valence electrons. The summed E-state index contributed by atoms with van der Waals surface area (Å²) in [6, 6.07) is 0. The highest BCUT2D eigenvalue weighted by molar-refractivity contribution is 6.32. The van der Waals surface area contributed by atoms with Gasteiger partial charge in [0.05, 0.1) is 0 Å². The van der Waals surface area contributed by atoms with E-state index in [9.17, 15) is 0 Å². The predicted octanol–water partition coefficient (Wildman–Crippen LogP) is 4.22. The molecule has 0 bridgehead atoms. The fraction of sp³-hybridized carbons (Fsp3) is 0.733. The zero-order valence-electron chi connectivity index (χ0n) is 12.2. The minimum absolute atomic E-state index is 0.0517. The first kappa shape index (κ1) is 16.5. The molecule has 0 aromatic rings. The maximum atomic E-state index is 5.97. The maximum Gasteiger partial charge on any atom is 0.237 e. The molecule has 0 aromatic carbocycles. The Hall–Kier alpha value is -0.523. The zero-order valence-corrected chi connectivity index (χ0v) is 13.2. The summed E-state index contributed by atoms with van der Waals surface area (Å²) >= 11 is 0. The molecule has 0 aromatic heterocycles. The van der Waals surface area contributed by atoms with Gasteiger partial charge in [-0.25, -0.2) is 0 Å². The quantitative estimate of drug-likeness (QED) is 0.506. The minimum atomic E-state index is 0.0517. The second-order valence-electron chi connectivity index (χ2n) is 5.63. The molecule has 1 nitrogen and oxygen atoms in total. The maximum absolute atomic E-state index is 5.97. The van der Waals surface area contributed by atoms with Crippen LogP contribution in [0.1, 0.15) is 54.4 Å². The Labute approximate surface area is 110 Å². The third-order valence-electron chi connectivity index (χ3n) is 2.49. The van der Waals surface area contributed by atoms with Crippen molar-refractivity contribution in [2.45, 2.75) is 65.5 Å². The first-order valence-corrected chi connectivity index (χ1v) is 7.27. The van der Waals surface area contributed by atoms with Crippen molar-refractivity contribution in [2.75, 3.05) is 0 Å². The molecule has 0 aliphatic heterocycles. The molecule has 0 heterocycles. The average molecular weight is 250 g/mol. The Kier molecular flexibility index (Phi) is 7.50. The van der Waals surface area contributed by atoms with Crippen LogP contribution in [0.25, 0.3) is 0 Å². The van der Waals surface area contributed by atoms with Crippen LogP contribution in [-0.4, -0.2) is 15.9 Å². The lowest BCUT2D eigenvalue weighted by Gasteiger charge is -2.23. The number of allylic oxidation sites excluding steroid dienone is 1. The monoisotopic (exact) mass is 250 g/mol. The zero-order chi connectivity index (χ0) is 13.5. The van der Waals surface area contributed by atoms with Crippen molar-refractivity contribution in [3.63, 3.8) is 0 Å². The number of hydrogen-bond donors (Lipinski definition) is 0. The predicted molar refractivity (Wildman–Crippen MR) is 77.0 cm³/mol. The minimum Gasteiger partial charge on any atom is -0.403 e. The van der Waals surface area contributed by atoms with Crippen molar-refractivity contribution in [3.8, 4) is 11.8 Å². The topological polar surface area (TPSA) is 9.23 Å². The highest BCUT2D eigenvalue weighted by Gasteiger charge is 2.20. The van der Waals surface area contributed by atoms with Gasteiger partial charge < -0.3 is 4.43 Å². The molecule has 2 heteroatoms. The Morgan fingerprint density at radius 1 is 1.41 bits per heavy atom. The van der Waals surface area contributed by atoms with Gasteiger partial charge in [0, 0.05) is 0 Å². The van der Waals surface area contributed by atoms with Crippen LogP contribution in [0.5, 0.6) is 0 Å². The summed E-state index contributed by atoms with van der Waals surface area (Å²) in [6.07, 6.45) is 2.18. The van der Waals surface area contributed by atoms with Crippen molar-refractivity contribution in [3.05, 3.63) is 12.2 Å². The van der Waals surface area contributed by atoms with Crippen LogP contribution in [0.2, 0.25) is 5.04 Å². The first-order chi connectivity index (χ1) is 7.76. The SMILES string of the molecule is C=C(C)C#CC(CC(C)C)O[Si]C(C)(C)CC. The highest BCUT2D eigenvalue weighted by Crippen LogP contribution is 2.27. The molecule has 0 amide bonds. The van der Waals surface area contributed by atoms with E-state index >= 15 is 0 Å². The van der Waals surface area contributed by atoms with E-state index in [1.54, 1.807) is 0 Å². The third-order valence-corrected chi connectivity index (χ3v) is 3.80. The Morgan fingerprint density at radius 2 is 2.00 bits per heavy atom. The molecule has 0 N–H and O–H groups in total. The summed E-state index contributed by atoms with van der Waals surface area (Å²) in [5.41, 5.74) is 0.903.